The third-order valence-corrected chi connectivity index (χ3v) is 4.83. The lowest BCUT2D eigenvalue weighted by molar-refractivity contribution is -0.129. The fraction of sp³-hybridized carbons (Fsp3) is 0.364. The number of rotatable bonds is 6. The van der Waals surface area contributed by atoms with Gasteiger partial charge in [-0.3, -0.25) is 20.4 Å². The molecule has 0 fully saturated rings. The number of hydrazine groups is 1. The van der Waals surface area contributed by atoms with Crippen LogP contribution in [0, 0.1) is 0 Å². The summed E-state index contributed by atoms with van der Waals surface area (Å²) in [6, 6.07) is 13.8. The summed E-state index contributed by atoms with van der Waals surface area (Å²) in [5.74, 6) is 0.0586. The Labute approximate surface area is 160 Å². The van der Waals surface area contributed by atoms with E-state index in [9.17, 15) is 9.59 Å². The fourth-order valence-electron chi connectivity index (χ4n) is 3.38. The summed E-state index contributed by atoms with van der Waals surface area (Å²) in [6.07, 6.45) is 5.73. The van der Waals surface area contributed by atoms with E-state index in [1.165, 1.54) is 24.0 Å². The van der Waals surface area contributed by atoms with Crippen molar-refractivity contribution in [2.24, 2.45) is 0 Å². The van der Waals surface area contributed by atoms with Crippen LogP contribution in [-0.2, 0) is 35.3 Å². The predicted octanol–water partition coefficient (Wildman–Crippen LogP) is 2.90. The number of fused-ring (bicyclic) bond motifs is 1. The lowest BCUT2D eigenvalue weighted by Crippen LogP contribution is -2.44. The summed E-state index contributed by atoms with van der Waals surface area (Å²) in [5, 5.41) is 0. The first-order valence-corrected chi connectivity index (χ1v) is 9.54. The van der Waals surface area contributed by atoms with Gasteiger partial charge in [-0.05, 0) is 60.4 Å². The zero-order valence-electron chi connectivity index (χ0n) is 15.7. The molecule has 1 aliphatic rings. The first-order chi connectivity index (χ1) is 13.2. The zero-order valence-corrected chi connectivity index (χ0v) is 15.7. The number of hydrogen-bond donors (Lipinski definition) is 2. The Hall–Kier alpha value is -2.82. The van der Waals surface area contributed by atoms with Crippen molar-refractivity contribution in [2.75, 3.05) is 6.61 Å². The van der Waals surface area contributed by atoms with Gasteiger partial charge < -0.3 is 4.74 Å². The molecular weight excluding hydrogens is 340 g/mol. The molecule has 27 heavy (non-hydrogen) atoms. The molecule has 1 aliphatic carbocycles. The molecule has 0 saturated carbocycles. The standard InChI is InChI=1S/C22H26N2O3/c1-2-17-7-5-6-10-20(17)27-15-22(26)24-23-21(25)14-16-11-12-18-8-3-4-9-19(18)13-16/h5-7,10-13H,2-4,8-9,14-15H2,1H3,(H,23,25)(H,24,26). The summed E-state index contributed by atoms with van der Waals surface area (Å²) < 4.78 is 5.54. The molecule has 0 radical (unpaired) electrons. The second-order valence-electron chi connectivity index (χ2n) is 6.83. The van der Waals surface area contributed by atoms with Crippen molar-refractivity contribution in [1.29, 1.82) is 0 Å². The van der Waals surface area contributed by atoms with Crippen LogP contribution in [-0.4, -0.2) is 18.4 Å². The van der Waals surface area contributed by atoms with E-state index in [1.807, 2.05) is 37.3 Å². The Morgan fingerprint density at radius 2 is 1.70 bits per heavy atom. The van der Waals surface area contributed by atoms with Crippen LogP contribution in [0.5, 0.6) is 5.75 Å². The summed E-state index contributed by atoms with van der Waals surface area (Å²) in [5.41, 5.74) is 9.62. The van der Waals surface area contributed by atoms with Gasteiger partial charge in [0, 0.05) is 0 Å². The van der Waals surface area contributed by atoms with Crippen molar-refractivity contribution < 1.29 is 14.3 Å². The minimum atomic E-state index is -0.389. The first-order valence-electron chi connectivity index (χ1n) is 9.54. The number of aryl methyl sites for hydroxylation is 3. The highest BCUT2D eigenvalue weighted by Crippen LogP contribution is 2.22. The number of para-hydroxylation sites is 1. The van der Waals surface area contributed by atoms with Gasteiger partial charge in [-0.15, -0.1) is 0 Å². The smallest absolute Gasteiger partial charge is 0.276 e. The van der Waals surface area contributed by atoms with Crippen LogP contribution in [0.4, 0.5) is 0 Å². The maximum absolute atomic E-state index is 12.1. The molecule has 0 spiro atoms. The minimum absolute atomic E-state index is 0.143. The number of carbonyl (C=O) groups excluding carboxylic acids is 2. The van der Waals surface area contributed by atoms with Crippen molar-refractivity contribution in [2.45, 2.75) is 45.4 Å². The number of benzene rings is 2. The molecule has 142 valence electrons. The Bertz CT molecular complexity index is 817. The van der Waals surface area contributed by atoms with E-state index in [-0.39, 0.29) is 24.8 Å². The highest BCUT2D eigenvalue weighted by atomic mass is 16.5. The van der Waals surface area contributed by atoms with E-state index in [0.29, 0.717) is 5.75 Å². The van der Waals surface area contributed by atoms with Crippen LogP contribution < -0.4 is 15.6 Å². The second kappa shape index (κ2) is 9.21. The predicted molar refractivity (Wildman–Crippen MR) is 104 cm³/mol. The van der Waals surface area contributed by atoms with Crippen molar-refractivity contribution in [3.8, 4) is 5.75 Å². The molecule has 0 aromatic heterocycles. The molecule has 0 bridgehead atoms. The Morgan fingerprint density at radius 1 is 0.963 bits per heavy atom. The highest BCUT2D eigenvalue weighted by Gasteiger charge is 2.12. The molecule has 2 amide bonds. The topological polar surface area (TPSA) is 67.4 Å². The number of nitrogens with one attached hydrogen (secondary N) is 2. The van der Waals surface area contributed by atoms with E-state index >= 15 is 0 Å². The third-order valence-electron chi connectivity index (χ3n) is 4.83. The van der Waals surface area contributed by atoms with Crippen LogP contribution in [0.1, 0.15) is 42.0 Å². The maximum Gasteiger partial charge on any atom is 0.276 e. The van der Waals surface area contributed by atoms with Gasteiger partial charge in [-0.1, -0.05) is 43.3 Å². The average Bonchev–Trinajstić information content (AvgIpc) is 2.70. The molecule has 0 unspecified atom stereocenters. The second-order valence-corrected chi connectivity index (χ2v) is 6.83. The van der Waals surface area contributed by atoms with Crippen LogP contribution in [0.3, 0.4) is 0 Å². The molecule has 2 N–H and O–H groups in total. The van der Waals surface area contributed by atoms with Crippen LogP contribution in [0.15, 0.2) is 42.5 Å². The maximum atomic E-state index is 12.1. The molecule has 0 aliphatic heterocycles. The van der Waals surface area contributed by atoms with Gasteiger partial charge in [0.2, 0.25) is 5.91 Å². The third kappa shape index (κ3) is 5.33. The lowest BCUT2D eigenvalue weighted by Gasteiger charge is -2.16. The normalized spacial score (nSPS) is 12.8. The quantitative estimate of drug-likeness (QED) is 0.773. The molecule has 0 heterocycles. The molecule has 2 aromatic carbocycles. The summed E-state index contributed by atoms with van der Waals surface area (Å²) in [7, 11) is 0. The number of amides is 2. The van der Waals surface area contributed by atoms with Gasteiger partial charge in [0.05, 0.1) is 6.42 Å². The number of carbonyl (C=O) groups is 2. The van der Waals surface area contributed by atoms with Crippen LogP contribution >= 0.6 is 0 Å². The molecule has 3 rings (SSSR count). The van der Waals surface area contributed by atoms with Gasteiger partial charge in [0.1, 0.15) is 5.75 Å². The van der Waals surface area contributed by atoms with Gasteiger partial charge >= 0.3 is 0 Å². The monoisotopic (exact) mass is 366 g/mol. The lowest BCUT2D eigenvalue weighted by atomic mass is 9.90. The summed E-state index contributed by atoms with van der Waals surface area (Å²) in [4.78, 5) is 24.0. The fourth-order valence-corrected chi connectivity index (χ4v) is 3.38. The van der Waals surface area contributed by atoms with Gasteiger partial charge in [-0.2, -0.15) is 0 Å². The van der Waals surface area contributed by atoms with Crippen molar-refractivity contribution in [1.82, 2.24) is 10.9 Å². The van der Waals surface area contributed by atoms with Crippen molar-refractivity contribution >= 4 is 11.8 Å². The minimum Gasteiger partial charge on any atom is -0.483 e. The van der Waals surface area contributed by atoms with Crippen molar-refractivity contribution in [3.63, 3.8) is 0 Å². The molecule has 0 atom stereocenters. The molecule has 5 nitrogen and oxygen atoms in total. The zero-order chi connectivity index (χ0) is 19.1. The van der Waals surface area contributed by atoms with Gasteiger partial charge in [-0.25, -0.2) is 0 Å². The Balaban J connectivity index is 1.44. The molecular formula is C22H26N2O3. The average molecular weight is 366 g/mol. The SMILES string of the molecule is CCc1ccccc1OCC(=O)NNC(=O)Cc1ccc2c(c1)CCCC2. The molecule has 0 saturated heterocycles. The summed E-state index contributed by atoms with van der Waals surface area (Å²) >= 11 is 0. The molecule has 2 aromatic rings. The van der Waals surface area contributed by atoms with Crippen molar-refractivity contribution in [3.05, 3.63) is 64.7 Å². The van der Waals surface area contributed by atoms with Gasteiger partial charge in [0.25, 0.3) is 5.91 Å². The number of ether oxygens (including phenoxy) is 1. The van der Waals surface area contributed by atoms with Crippen LogP contribution in [0.25, 0.3) is 0 Å². The molecule has 5 heteroatoms. The van der Waals surface area contributed by atoms with Gasteiger partial charge in [0.15, 0.2) is 6.61 Å². The summed E-state index contributed by atoms with van der Waals surface area (Å²) in [6.45, 7) is 1.89. The van der Waals surface area contributed by atoms with E-state index in [1.54, 1.807) is 0 Å². The van der Waals surface area contributed by atoms with E-state index in [0.717, 1.165) is 30.4 Å². The largest absolute Gasteiger partial charge is 0.483 e. The Kier molecular flexibility index (Phi) is 6.47. The highest BCUT2D eigenvalue weighted by molar-refractivity contribution is 5.83. The van der Waals surface area contributed by atoms with E-state index in [4.69, 9.17) is 4.74 Å². The first kappa shape index (κ1) is 19.0. The van der Waals surface area contributed by atoms with E-state index < -0.39 is 0 Å². The van der Waals surface area contributed by atoms with Crippen LogP contribution in [0.2, 0.25) is 0 Å². The van der Waals surface area contributed by atoms with E-state index in [2.05, 4.69) is 23.0 Å². The number of hydrogen-bond acceptors (Lipinski definition) is 3. The Morgan fingerprint density at radius 3 is 2.52 bits per heavy atom.